The number of rotatable bonds is 5. The Labute approximate surface area is 105 Å². The topological polar surface area (TPSA) is 78.7 Å². The van der Waals surface area contributed by atoms with E-state index in [0.717, 1.165) is 12.2 Å². The zero-order chi connectivity index (χ0) is 13.0. The van der Waals surface area contributed by atoms with Gasteiger partial charge in [-0.2, -0.15) is 0 Å². The number of nitrogens with two attached hydrogens (primary N) is 1. The molecule has 6 nitrogen and oxygen atoms in total. The number of hydrogen-bond acceptors (Lipinski definition) is 4. The van der Waals surface area contributed by atoms with Crippen molar-refractivity contribution < 1.29 is 0 Å². The molecule has 0 atom stereocenters. The molecule has 96 valence electrons. The largest absolute Gasteiger partial charge is 0.330 e. The highest BCUT2D eigenvalue weighted by atomic mass is 16.1. The van der Waals surface area contributed by atoms with E-state index in [9.17, 15) is 4.79 Å². The summed E-state index contributed by atoms with van der Waals surface area (Å²) in [4.78, 5) is 20.6. The molecule has 0 radical (unpaired) electrons. The Morgan fingerprint density at radius 1 is 1.28 bits per heavy atom. The molecule has 18 heavy (non-hydrogen) atoms. The molecule has 0 bridgehead atoms. The van der Waals surface area contributed by atoms with Crippen molar-refractivity contribution in [1.82, 2.24) is 19.1 Å². The highest BCUT2D eigenvalue weighted by Gasteiger charge is 2.10. The van der Waals surface area contributed by atoms with Crippen LogP contribution in [-0.2, 0) is 13.0 Å². The Balaban J connectivity index is 2.47. The van der Waals surface area contributed by atoms with Gasteiger partial charge in [0.25, 0.3) is 5.56 Å². The first kappa shape index (κ1) is 12.5. The molecule has 2 heterocycles. The van der Waals surface area contributed by atoms with Crippen molar-refractivity contribution in [3.8, 4) is 5.82 Å². The van der Waals surface area contributed by atoms with Crippen LogP contribution in [-0.4, -0.2) is 25.6 Å². The molecule has 0 aliphatic carbocycles. The van der Waals surface area contributed by atoms with Crippen LogP contribution in [0.2, 0.25) is 0 Å². The van der Waals surface area contributed by atoms with Crippen LogP contribution in [0.3, 0.4) is 0 Å². The number of hydrogen-bond donors (Lipinski definition) is 1. The molecule has 6 heteroatoms. The van der Waals surface area contributed by atoms with Gasteiger partial charge in [-0.25, -0.2) is 9.97 Å². The predicted molar refractivity (Wildman–Crippen MR) is 68.7 cm³/mol. The fraction of sp³-hybridized carbons (Fsp3) is 0.417. The lowest BCUT2D eigenvalue weighted by Gasteiger charge is -2.08. The molecule has 2 rings (SSSR count). The SMILES string of the molecule is CCCn1ccnc(-n2ccnc2CCN)c1=O. The monoisotopic (exact) mass is 247 g/mol. The van der Waals surface area contributed by atoms with Crippen molar-refractivity contribution in [2.45, 2.75) is 26.3 Å². The van der Waals surface area contributed by atoms with Crippen molar-refractivity contribution >= 4 is 0 Å². The van der Waals surface area contributed by atoms with Crippen molar-refractivity contribution in [1.29, 1.82) is 0 Å². The lowest BCUT2D eigenvalue weighted by atomic mass is 10.4. The van der Waals surface area contributed by atoms with Gasteiger partial charge in [0.1, 0.15) is 5.82 Å². The summed E-state index contributed by atoms with van der Waals surface area (Å²) in [5.74, 6) is 1.14. The second-order valence-corrected chi connectivity index (χ2v) is 4.00. The molecule has 0 saturated heterocycles. The number of aromatic nitrogens is 4. The normalized spacial score (nSPS) is 10.8. The molecule has 0 saturated carbocycles. The fourth-order valence-electron chi connectivity index (χ4n) is 1.86. The fourth-order valence-corrected chi connectivity index (χ4v) is 1.86. The van der Waals surface area contributed by atoms with E-state index in [2.05, 4.69) is 9.97 Å². The van der Waals surface area contributed by atoms with Crippen molar-refractivity contribution in [3.63, 3.8) is 0 Å². The molecule has 0 fully saturated rings. The summed E-state index contributed by atoms with van der Waals surface area (Å²) in [6.07, 6.45) is 8.27. The molecule has 0 aliphatic heterocycles. The van der Waals surface area contributed by atoms with Crippen LogP contribution in [0.1, 0.15) is 19.2 Å². The van der Waals surface area contributed by atoms with Gasteiger partial charge in [0, 0.05) is 37.8 Å². The van der Waals surface area contributed by atoms with E-state index in [4.69, 9.17) is 5.73 Å². The summed E-state index contributed by atoms with van der Waals surface area (Å²) in [5, 5.41) is 0. The third kappa shape index (κ3) is 2.33. The van der Waals surface area contributed by atoms with E-state index >= 15 is 0 Å². The summed E-state index contributed by atoms with van der Waals surface area (Å²) in [6.45, 7) is 3.21. The van der Waals surface area contributed by atoms with Gasteiger partial charge in [-0.15, -0.1) is 0 Å². The predicted octanol–water partition coefficient (Wildman–Crippen LogP) is 0.340. The molecule has 0 aliphatic rings. The Bertz CT molecular complexity index is 572. The Kier molecular flexibility index (Phi) is 3.88. The van der Waals surface area contributed by atoms with Gasteiger partial charge in [-0.3, -0.25) is 9.36 Å². The van der Waals surface area contributed by atoms with E-state index in [1.807, 2.05) is 6.92 Å². The van der Waals surface area contributed by atoms with Crippen molar-refractivity contribution in [2.75, 3.05) is 6.54 Å². The molecule has 0 amide bonds. The maximum Gasteiger partial charge on any atom is 0.294 e. The summed E-state index contributed by atoms with van der Waals surface area (Å²) in [6, 6.07) is 0. The average Bonchev–Trinajstić information content (AvgIpc) is 2.81. The van der Waals surface area contributed by atoms with E-state index in [1.54, 1.807) is 33.9 Å². The van der Waals surface area contributed by atoms with E-state index in [1.165, 1.54) is 0 Å². The summed E-state index contributed by atoms with van der Waals surface area (Å²) in [5.41, 5.74) is 5.42. The van der Waals surface area contributed by atoms with Gasteiger partial charge in [0.2, 0.25) is 5.82 Å². The smallest absolute Gasteiger partial charge is 0.294 e. The standard InChI is InChI=1S/C12H17N5O/c1-2-7-16-8-5-15-11(12(16)18)17-9-6-14-10(17)3-4-13/h5-6,8-9H,2-4,7,13H2,1H3. The number of imidazole rings is 1. The Morgan fingerprint density at radius 3 is 2.78 bits per heavy atom. The van der Waals surface area contributed by atoms with Gasteiger partial charge in [-0.1, -0.05) is 6.92 Å². The molecular formula is C12H17N5O. The lowest BCUT2D eigenvalue weighted by molar-refractivity contribution is 0.639. The second kappa shape index (κ2) is 5.59. The number of aryl methyl sites for hydroxylation is 1. The summed E-state index contributed by atoms with van der Waals surface area (Å²) < 4.78 is 3.37. The highest BCUT2D eigenvalue weighted by molar-refractivity contribution is 5.21. The Hall–Kier alpha value is -1.95. The van der Waals surface area contributed by atoms with Crippen LogP contribution in [0, 0.1) is 0 Å². The first-order valence-corrected chi connectivity index (χ1v) is 6.06. The number of nitrogens with zero attached hydrogens (tertiary/aromatic N) is 4. The molecule has 0 spiro atoms. The van der Waals surface area contributed by atoms with Crippen molar-refractivity contribution in [2.24, 2.45) is 5.73 Å². The first-order chi connectivity index (χ1) is 8.77. The molecule has 2 N–H and O–H groups in total. The molecule has 0 aromatic carbocycles. The summed E-state index contributed by atoms with van der Waals surface area (Å²) in [7, 11) is 0. The van der Waals surface area contributed by atoms with E-state index < -0.39 is 0 Å². The second-order valence-electron chi connectivity index (χ2n) is 4.00. The highest BCUT2D eigenvalue weighted by Crippen LogP contribution is 2.04. The van der Waals surface area contributed by atoms with Crippen LogP contribution < -0.4 is 11.3 Å². The van der Waals surface area contributed by atoms with Gasteiger partial charge >= 0.3 is 0 Å². The van der Waals surface area contributed by atoms with Crippen molar-refractivity contribution in [3.05, 3.63) is 41.0 Å². The average molecular weight is 247 g/mol. The molecular weight excluding hydrogens is 230 g/mol. The van der Waals surface area contributed by atoms with Crippen LogP contribution in [0.4, 0.5) is 0 Å². The maximum atomic E-state index is 12.2. The Morgan fingerprint density at radius 2 is 2.06 bits per heavy atom. The quantitative estimate of drug-likeness (QED) is 0.826. The van der Waals surface area contributed by atoms with E-state index in [0.29, 0.717) is 25.3 Å². The van der Waals surface area contributed by atoms with Gasteiger partial charge in [0.05, 0.1) is 0 Å². The minimum absolute atomic E-state index is 0.101. The zero-order valence-electron chi connectivity index (χ0n) is 10.4. The van der Waals surface area contributed by atoms with Crippen LogP contribution in [0.5, 0.6) is 0 Å². The third-order valence-corrected chi connectivity index (χ3v) is 2.67. The maximum absolute atomic E-state index is 12.2. The van der Waals surface area contributed by atoms with Crippen LogP contribution in [0.25, 0.3) is 5.82 Å². The molecule has 2 aromatic heterocycles. The van der Waals surface area contributed by atoms with Gasteiger partial charge in [-0.05, 0) is 13.0 Å². The van der Waals surface area contributed by atoms with Crippen LogP contribution >= 0.6 is 0 Å². The lowest BCUT2D eigenvalue weighted by Crippen LogP contribution is -2.26. The van der Waals surface area contributed by atoms with Crippen LogP contribution in [0.15, 0.2) is 29.6 Å². The molecule has 2 aromatic rings. The third-order valence-electron chi connectivity index (χ3n) is 2.67. The van der Waals surface area contributed by atoms with E-state index in [-0.39, 0.29) is 5.56 Å². The zero-order valence-corrected chi connectivity index (χ0v) is 10.4. The minimum Gasteiger partial charge on any atom is -0.330 e. The minimum atomic E-state index is -0.101. The summed E-state index contributed by atoms with van der Waals surface area (Å²) >= 11 is 0. The molecule has 0 unspecified atom stereocenters. The van der Waals surface area contributed by atoms with Gasteiger partial charge < -0.3 is 10.3 Å². The first-order valence-electron chi connectivity index (χ1n) is 6.06. The van der Waals surface area contributed by atoms with Gasteiger partial charge in [0.15, 0.2) is 0 Å².